The number of benzene rings is 2. The summed E-state index contributed by atoms with van der Waals surface area (Å²) in [7, 11) is 4.19. The number of aliphatic hydroxyl groups is 1. The van der Waals surface area contributed by atoms with Crippen molar-refractivity contribution in [2.24, 2.45) is 4.99 Å². The first-order valence-electron chi connectivity index (χ1n) is 8.49. The fourth-order valence-corrected chi connectivity index (χ4v) is 3.70. The first-order valence-corrected chi connectivity index (χ1v) is 9.31. The molecule has 7 nitrogen and oxygen atoms in total. The van der Waals surface area contributed by atoms with Gasteiger partial charge in [-0.2, -0.15) is 0 Å². The van der Waals surface area contributed by atoms with Crippen LogP contribution in [0.2, 0.25) is 0 Å². The molecule has 0 aliphatic carbocycles. The third kappa shape index (κ3) is 4.07. The van der Waals surface area contributed by atoms with Crippen LogP contribution >= 0.6 is 11.8 Å². The number of hydrogen-bond acceptors (Lipinski definition) is 8. The van der Waals surface area contributed by atoms with Crippen molar-refractivity contribution < 1.29 is 29.2 Å². The molecule has 0 fully saturated rings. The fraction of sp³-hybridized carbons (Fsp3) is 0.143. The first-order chi connectivity index (χ1) is 14.0. The zero-order valence-corrected chi connectivity index (χ0v) is 16.8. The molecule has 2 aromatic carbocycles. The normalized spacial score (nSPS) is 16.4. The standard InChI is InChI=1S/C21H19NO6S/c1-26-14-9-5-4-8-13(14)22-20-17(21(25)28-3)19(24)16(29-20)11-12-7-6-10-15(27-2)18(12)23/h4-11,23-24H,1-3H3/b16-11+,22-20?. The van der Waals surface area contributed by atoms with E-state index in [-0.39, 0.29) is 22.1 Å². The lowest BCUT2D eigenvalue weighted by atomic mass is 10.1. The van der Waals surface area contributed by atoms with Gasteiger partial charge >= 0.3 is 5.97 Å². The summed E-state index contributed by atoms with van der Waals surface area (Å²) in [6, 6.07) is 12.0. The summed E-state index contributed by atoms with van der Waals surface area (Å²) in [5, 5.41) is 21.2. The number of esters is 1. The number of carbonyl (C=O) groups excluding carboxylic acids is 1. The number of carbonyl (C=O) groups is 1. The van der Waals surface area contributed by atoms with Crippen LogP contribution in [0.4, 0.5) is 5.69 Å². The lowest BCUT2D eigenvalue weighted by Crippen LogP contribution is -2.10. The molecule has 2 N–H and O–H groups in total. The first kappa shape index (κ1) is 20.3. The largest absolute Gasteiger partial charge is 0.506 e. The van der Waals surface area contributed by atoms with Crippen molar-refractivity contribution >= 4 is 34.5 Å². The predicted octanol–water partition coefficient (Wildman–Crippen LogP) is 4.21. The number of methoxy groups -OCH3 is 3. The maximum atomic E-state index is 12.3. The highest BCUT2D eigenvalue weighted by Gasteiger charge is 2.33. The lowest BCUT2D eigenvalue weighted by molar-refractivity contribution is -0.135. The van der Waals surface area contributed by atoms with Crippen molar-refractivity contribution in [3.8, 4) is 17.2 Å². The highest BCUT2D eigenvalue weighted by molar-refractivity contribution is 8.18. The van der Waals surface area contributed by atoms with Gasteiger partial charge in [0.15, 0.2) is 11.5 Å². The molecule has 1 aliphatic heterocycles. The van der Waals surface area contributed by atoms with Gasteiger partial charge in [0.1, 0.15) is 27.8 Å². The van der Waals surface area contributed by atoms with E-state index in [0.29, 0.717) is 27.7 Å². The van der Waals surface area contributed by atoms with Crippen molar-refractivity contribution in [3.05, 3.63) is 64.3 Å². The molecule has 0 radical (unpaired) electrons. The van der Waals surface area contributed by atoms with Crippen LogP contribution < -0.4 is 9.47 Å². The van der Waals surface area contributed by atoms with Crippen molar-refractivity contribution in [1.82, 2.24) is 0 Å². The number of aliphatic hydroxyl groups excluding tert-OH is 1. The number of ether oxygens (including phenoxy) is 3. The maximum absolute atomic E-state index is 12.3. The van der Waals surface area contributed by atoms with Crippen LogP contribution in [0.5, 0.6) is 17.2 Å². The Morgan fingerprint density at radius 2 is 1.69 bits per heavy atom. The Kier molecular flexibility index (Phi) is 6.13. The summed E-state index contributed by atoms with van der Waals surface area (Å²) in [5.41, 5.74) is 0.857. The topological polar surface area (TPSA) is 97.6 Å². The minimum absolute atomic E-state index is 0.0583. The van der Waals surface area contributed by atoms with E-state index in [1.165, 1.54) is 21.3 Å². The molecule has 0 unspecified atom stereocenters. The Morgan fingerprint density at radius 1 is 1.00 bits per heavy atom. The van der Waals surface area contributed by atoms with Gasteiger partial charge in [0.05, 0.1) is 26.2 Å². The van der Waals surface area contributed by atoms with Crippen LogP contribution in [0.15, 0.2) is 63.7 Å². The number of nitrogens with zero attached hydrogens (tertiary/aromatic N) is 1. The number of rotatable bonds is 5. The number of aromatic hydroxyl groups is 1. The average Bonchev–Trinajstić information content (AvgIpc) is 3.04. The summed E-state index contributed by atoms with van der Waals surface area (Å²) in [4.78, 5) is 17.1. The Morgan fingerprint density at radius 3 is 2.38 bits per heavy atom. The molecular weight excluding hydrogens is 394 g/mol. The highest BCUT2D eigenvalue weighted by Crippen LogP contribution is 2.42. The molecule has 0 aromatic heterocycles. The van der Waals surface area contributed by atoms with Crippen LogP contribution in [0, 0.1) is 0 Å². The quantitative estimate of drug-likeness (QED) is 0.709. The zero-order chi connectivity index (χ0) is 21.0. The van der Waals surface area contributed by atoms with Gasteiger partial charge in [-0.25, -0.2) is 9.79 Å². The molecule has 2 aromatic rings. The Hall–Kier alpha value is -3.39. The number of thioether (sulfide) groups is 1. The molecule has 1 aliphatic rings. The molecule has 0 amide bonds. The summed E-state index contributed by atoms with van der Waals surface area (Å²) < 4.78 is 15.2. The molecule has 1 heterocycles. The van der Waals surface area contributed by atoms with Gasteiger partial charge in [0, 0.05) is 5.56 Å². The molecule has 0 atom stereocenters. The SMILES string of the molecule is COC(=O)C1=C(O)/C(=C\c2cccc(OC)c2O)SC1=Nc1ccccc1OC. The van der Waals surface area contributed by atoms with Crippen molar-refractivity contribution in [3.63, 3.8) is 0 Å². The monoisotopic (exact) mass is 413 g/mol. The minimum atomic E-state index is -0.720. The van der Waals surface area contributed by atoms with E-state index in [9.17, 15) is 15.0 Å². The van der Waals surface area contributed by atoms with E-state index in [1.807, 2.05) is 0 Å². The zero-order valence-electron chi connectivity index (χ0n) is 16.0. The van der Waals surface area contributed by atoms with Gasteiger partial charge in [0.2, 0.25) is 0 Å². The molecule has 0 spiro atoms. The van der Waals surface area contributed by atoms with Gasteiger partial charge < -0.3 is 24.4 Å². The molecule has 8 heteroatoms. The smallest absolute Gasteiger partial charge is 0.344 e. The Balaban J connectivity index is 2.10. The van der Waals surface area contributed by atoms with Crippen LogP contribution in [0.1, 0.15) is 5.56 Å². The van der Waals surface area contributed by atoms with Crippen LogP contribution in [0.3, 0.4) is 0 Å². The number of phenolic OH excluding ortho intramolecular Hbond substituents is 1. The Labute approximate surface area is 171 Å². The summed E-state index contributed by atoms with van der Waals surface area (Å²) in [6.07, 6.45) is 1.55. The molecule has 150 valence electrons. The van der Waals surface area contributed by atoms with E-state index in [4.69, 9.17) is 14.2 Å². The third-order valence-corrected chi connectivity index (χ3v) is 5.14. The van der Waals surface area contributed by atoms with Gasteiger partial charge in [-0.05, 0) is 24.3 Å². The average molecular weight is 413 g/mol. The van der Waals surface area contributed by atoms with Crippen LogP contribution in [-0.2, 0) is 9.53 Å². The predicted molar refractivity (Wildman–Crippen MR) is 112 cm³/mol. The van der Waals surface area contributed by atoms with E-state index < -0.39 is 5.97 Å². The number of hydrogen-bond donors (Lipinski definition) is 2. The second-order valence-electron chi connectivity index (χ2n) is 5.81. The second kappa shape index (κ2) is 8.74. The lowest BCUT2D eigenvalue weighted by Gasteiger charge is -2.06. The minimum Gasteiger partial charge on any atom is -0.506 e. The van der Waals surface area contributed by atoms with E-state index in [2.05, 4.69) is 4.99 Å². The summed E-state index contributed by atoms with van der Waals surface area (Å²) in [5.74, 6) is -0.264. The van der Waals surface area contributed by atoms with Gasteiger partial charge in [-0.15, -0.1) is 0 Å². The summed E-state index contributed by atoms with van der Waals surface area (Å²) >= 11 is 1.08. The number of para-hydroxylation sites is 3. The molecule has 0 saturated carbocycles. The molecular formula is C21H19NO6S. The fourth-order valence-electron chi connectivity index (χ4n) is 2.68. The molecule has 29 heavy (non-hydrogen) atoms. The van der Waals surface area contributed by atoms with Gasteiger partial charge in [-0.1, -0.05) is 36.0 Å². The second-order valence-corrected chi connectivity index (χ2v) is 6.84. The van der Waals surface area contributed by atoms with E-state index >= 15 is 0 Å². The van der Waals surface area contributed by atoms with E-state index in [1.54, 1.807) is 48.5 Å². The summed E-state index contributed by atoms with van der Waals surface area (Å²) in [6.45, 7) is 0. The van der Waals surface area contributed by atoms with Gasteiger partial charge in [0.25, 0.3) is 0 Å². The highest BCUT2D eigenvalue weighted by atomic mass is 32.2. The van der Waals surface area contributed by atoms with Crippen molar-refractivity contribution in [2.45, 2.75) is 0 Å². The maximum Gasteiger partial charge on any atom is 0.344 e. The Bertz CT molecular complexity index is 1040. The molecule has 3 rings (SSSR count). The van der Waals surface area contributed by atoms with Crippen LogP contribution in [-0.4, -0.2) is 42.6 Å². The number of phenols is 1. The van der Waals surface area contributed by atoms with Crippen LogP contribution in [0.25, 0.3) is 6.08 Å². The molecule has 0 saturated heterocycles. The van der Waals surface area contributed by atoms with Crippen molar-refractivity contribution in [1.29, 1.82) is 0 Å². The number of aliphatic imine (C=N–C) groups is 1. The van der Waals surface area contributed by atoms with E-state index in [0.717, 1.165) is 11.8 Å². The molecule has 0 bridgehead atoms. The third-order valence-electron chi connectivity index (χ3n) is 4.12. The van der Waals surface area contributed by atoms with Crippen molar-refractivity contribution in [2.75, 3.05) is 21.3 Å². The van der Waals surface area contributed by atoms with Gasteiger partial charge in [-0.3, -0.25) is 0 Å².